The highest BCUT2D eigenvalue weighted by molar-refractivity contribution is 6.30. The molecule has 0 atom stereocenters. The largest absolute Gasteiger partial charge is 0.489 e. The quantitative estimate of drug-likeness (QED) is 0.507. The predicted octanol–water partition coefficient (Wildman–Crippen LogP) is 5.03. The van der Waals surface area contributed by atoms with Crippen molar-refractivity contribution in [3.8, 4) is 5.75 Å². The average Bonchev–Trinajstić information content (AvgIpc) is 3.15. The Kier molecular flexibility index (Phi) is 8.65. The molecule has 4 nitrogen and oxygen atoms in total. The number of benzene rings is 2. The summed E-state index contributed by atoms with van der Waals surface area (Å²) in [5.74, 6) is 0.872. The van der Waals surface area contributed by atoms with Crippen LogP contribution in [0.1, 0.15) is 23.1 Å². The summed E-state index contributed by atoms with van der Waals surface area (Å²) in [7, 11) is 0. The molecule has 0 amide bonds. The number of hydrogen-bond acceptors (Lipinski definition) is 3. The van der Waals surface area contributed by atoms with Crippen molar-refractivity contribution in [2.75, 3.05) is 6.54 Å². The maximum atomic E-state index is 6.17. The van der Waals surface area contributed by atoms with Crippen LogP contribution in [0.2, 0.25) is 5.02 Å². The van der Waals surface area contributed by atoms with Gasteiger partial charge in [-0.25, -0.2) is 4.98 Å². The maximum Gasteiger partial charge on any atom is 0.124 e. The first-order chi connectivity index (χ1) is 12.7. The Morgan fingerprint density at radius 1 is 1.15 bits per heavy atom. The fraction of sp³-hybridized carbons (Fsp3) is 0.286. The number of nitrogens with one attached hydrogen (secondary N) is 1. The van der Waals surface area contributed by atoms with Crippen molar-refractivity contribution in [1.29, 1.82) is 0 Å². The van der Waals surface area contributed by atoms with E-state index in [1.54, 1.807) is 6.20 Å². The fourth-order valence-corrected chi connectivity index (χ4v) is 2.90. The molecule has 0 radical (unpaired) electrons. The lowest BCUT2D eigenvalue weighted by Crippen LogP contribution is -2.17. The fourth-order valence-electron chi connectivity index (χ4n) is 2.70. The number of imidazole rings is 1. The highest BCUT2D eigenvalue weighted by Crippen LogP contribution is 2.24. The van der Waals surface area contributed by atoms with Crippen LogP contribution in [0, 0.1) is 6.92 Å². The molecule has 2 aromatic carbocycles. The Morgan fingerprint density at radius 2 is 1.96 bits per heavy atom. The highest BCUT2D eigenvalue weighted by Gasteiger charge is 2.05. The van der Waals surface area contributed by atoms with Gasteiger partial charge in [-0.1, -0.05) is 41.4 Å². The zero-order valence-corrected chi connectivity index (χ0v) is 17.0. The first kappa shape index (κ1) is 21.3. The average molecular weight is 406 g/mol. The molecule has 0 spiro atoms. The summed E-state index contributed by atoms with van der Waals surface area (Å²) in [5.41, 5.74) is 3.48. The number of nitrogens with zero attached hydrogens (tertiary/aromatic N) is 2. The molecule has 1 heterocycles. The van der Waals surface area contributed by atoms with Gasteiger partial charge in [-0.2, -0.15) is 0 Å². The lowest BCUT2D eigenvalue weighted by Gasteiger charge is -2.13. The summed E-state index contributed by atoms with van der Waals surface area (Å²) in [5, 5.41) is 4.19. The van der Waals surface area contributed by atoms with Crippen molar-refractivity contribution in [1.82, 2.24) is 14.9 Å². The molecule has 6 heteroatoms. The van der Waals surface area contributed by atoms with Gasteiger partial charge in [0.1, 0.15) is 12.4 Å². The van der Waals surface area contributed by atoms with Gasteiger partial charge in [0.25, 0.3) is 0 Å². The first-order valence-electron chi connectivity index (χ1n) is 8.84. The maximum absolute atomic E-state index is 6.17. The Hall–Kier alpha value is -2.01. The Balaban J connectivity index is 0.00000261. The number of rotatable bonds is 9. The monoisotopic (exact) mass is 405 g/mol. The van der Waals surface area contributed by atoms with Gasteiger partial charge in [-0.05, 0) is 43.7 Å². The van der Waals surface area contributed by atoms with E-state index in [1.807, 2.05) is 30.7 Å². The first-order valence-corrected chi connectivity index (χ1v) is 9.22. The van der Waals surface area contributed by atoms with Crippen LogP contribution in [0.15, 0.2) is 61.2 Å². The normalized spacial score (nSPS) is 10.4. The third-order valence-corrected chi connectivity index (χ3v) is 4.42. The number of aromatic nitrogens is 2. The molecular weight excluding hydrogens is 381 g/mol. The number of aryl methyl sites for hydroxylation is 2. The minimum absolute atomic E-state index is 0. The van der Waals surface area contributed by atoms with Crippen molar-refractivity contribution < 1.29 is 4.74 Å². The van der Waals surface area contributed by atoms with E-state index in [1.165, 1.54) is 5.56 Å². The summed E-state index contributed by atoms with van der Waals surface area (Å²) in [6.07, 6.45) is 6.66. The molecule has 3 aromatic rings. The zero-order valence-electron chi connectivity index (χ0n) is 15.4. The van der Waals surface area contributed by atoms with E-state index in [-0.39, 0.29) is 12.4 Å². The molecule has 144 valence electrons. The van der Waals surface area contributed by atoms with Gasteiger partial charge in [0.05, 0.1) is 6.33 Å². The summed E-state index contributed by atoms with van der Waals surface area (Å²) < 4.78 is 8.10. The second-order valence-electron chi connectivity index (χ2n) is 6.36. The van der Waals surface area contributed by atoms with Gasteiger partial charge in [0.15, 0.2) is 0 Å². The van der Waals surface area contributed by atoms with Crippen molar-refractivity contribution in [2.45, 2.75) is 33.0 Å². The molecule has 0 bridgehead atoms. The summed E-state index contributed by atoms with van der Waals surface area (Å²) in [4.78, 5) is 4.05. The van der Waals surface area contributed by atoms with Gasteiger partial charge >= 0.3 is 0 Å². The number of ether oxygens (including phenoxy) is 1. The van der Waals surface area contributed by atoms with Crippen LogP contribution >= 0.6 is 24.0 Å². The van der Waals surface area contributed by atoms with Crippen molar-refractivity contribution in [3.63, 3.8) is 0 Å². The second kappa shape index (κ2) is 11.0. The van der Waals surface area contributed by atoms with Gasteiger partial charge < -0.3 is 14.6 Å². The summed E-state index contributed by atoms with van der Waals surface area (Å²) >= 11 is 6.17. The van der Waals surface area contributed by atoms with Crippen LogP contribution < -0.4 is 10.1 Å². The van der Waals surface area contributed by atoms with Crippen LogP contribution in [-0.2, 0) is 19.7 Å². The van der Waals surface area contributed by atoms with Gasteiger partial charge in [0, 0.05) is 36.1 Å². The van der Waals surface area contributed by atoms with E-state index in [2.05, 4.69) is 46.1 Å². The molecule has 0 aliphatic rings. The van der Waals surface area contributed by atoms with Crippen molar-refractivity contribution >= 4 is 24.0 Å². The van der Waals surface area contributed by atoms with E-state index in [0.717, 1.165) is 48.0 Å². The summed E-state index contributed by atoms with van der Waals surface area (Å²) in [6, 6.07) is 14.2. The topological polar surface area (TPSA) is 39.1 Å². The molecule has 3 rings (SSSR count). The van der Waals surface area contributed by atoms with Crippen LogP contribution in [0.4, 0.5) is 0 Å². The third kappa shape index (κ3) is 6.90. The molecule has 0 aliphatic carbocycles. The van der Waals surface area contributed by atoms with E-state index in [4.69, 9.17) is 16.3 Å². The number of hydrogen-bond donors (Lipinski definition) is 1. The minimum atomic E-state index is 0. The van der Waals surface area contributed by atoms with Crippen LogP contribution in [-0.4, -0.2) is 16.1 Å². The van der Waals surface area contributed by atoms with Crippen LogP contribution in [0.5, 0.6) is 5.75 Å². The molecule has 27 heavy (non-hydrogen) atoms. The van der Waals surface area contributed by atoms with Crippen LogP contribution in [0.3, 0.4) is 0 Å². The molecule has 0 fully saturated rings. The van der Waals surface area contributed by atoms with Crippen molar-refractivity contribution in [3.05, 3.63) is 82.9 Å². The highest BCUT2D eigenvalue weighted by atomic mass is 35.5. The zero-order chi connectivity index (χ0) is 18.2. The standard InChI is InChI=1S/C21H24ClN3O.ClH/c1-17-3-5-18(6-4-17)15-26-21-8-7-20(22)13-19(21)14-23-9-2-11-25-12-10-24-16-25;/h3-8,10,12-13,16,23H,2,9,11,14-15H2,1H3;1H. The van der Waals surface area contributed by atoms with E-state index in [9.17, 15) is 0 Å². The Labute approximate surface area is 171 Å². The second-order valence-corrected chi connectivity index (χ2v) is 6.79. The molecule has 0 unspecified atom stereocenters. The third-order valence-electron chi connectivity index (χ3n) is 4.18. The van der Waals surface area contributed by atoms with Crippen molar-refractivity contribution in [2.24, 2.45) is 0 Å². The van der Waals surface area contributed by atoms with E-state index in [0.29, 0.717) is 6.61 Å². The molecular formula is C21H25Cl2N3O. The lowest BCUT2D eigenvalue weighted by molar-refractivity contribution is 0.302. The van der Waals surface area contributed by atoms with E-state index >= 15 is 0 Å². The Bertz CT molecular complexity index is 805. The lowest BCUT2D eigenvalue weighted by atomic mass is 10.1. The van der Waals surface area contributed by atoms with E-state index < -0.39 is 0 Å². The van der Waals surface area contributed by atoms with Gasteiger partial charge in [-0.15, -0.1) is 12.4 Å². The smallest absolute Gasteiger partial charge is 0.124 e. The van der Waals surface area contributed by atoms with Crippen LogP contribution in [0.25, 0.3) is 0 Å². The molecule has 0 aliphatic heterocycles. The summed E-state index contributed by atoms with van der Waals surface area (Å²) in [6.45, 7) is 5.24. The predicted molar refractivity (Wildman–Crippen MR) is 113 cm³/mol. The Morgan fingerprint density at radius 3 is 2.70 bits per heavy atom. The SMILES string of the molecule is Cc1ccc(COc2ccc(Cl)cc2CNCCCn2ccnc2)cc1.Cl. The molecule has 1 N–H and O–H groups in total. The molecule has 0 saturated heterocycles. The number of halogens is 2. The van der Waals surface area contributed by atoms with Gasteiger partial charge in [-0.3, -0.25) is 0 Å². The molecule has 1 aromatic heterocycles. The molecule has 0 saturated carbocycles. The van der Waals surface area contributed by atoms with Gasteiger partial charge in [0.2, 0.25) is 0 Å². The minimum Gasteiger partial charge on any atom is -0.489 e.